The maximum absolute atomic E-state index is 12.1. The van der Waals surface area contributed by atoms with Crippen LogP contribution in [0.2, 0.25) is 0 Å². The van der Waals surface area contributed by atoms with Crippen LogP contribution < -0.4 is 11.1 Å². The summed E-state index contributed by atoms with van der Waals surface area (Å²) in [5, 5.41) is 3.15. The molecule has 0 aliphatic carbocycles. The molecular weight excluding hydrogens is 242 g/mol. The standard InChI is InChI=1S/C11H21N3O2.ClH/c1-2-3-6-14(8-10(12)15)11(16)9-4-5-13-7-9;/h9,13H,2-8H2,1H3,(H2,12,15);1H. The molecule has 1 heterocycles. The van der Waals surface area contributed by atoms with E-state index >= 15 is 0 Å². The van der Waals surface area contributed by atoms with Crippen molar-refractivity contribution < 1.29 is 9.59 Å². The maximum Gasteiger partial charge on any atom is 0.237 e. The molecule has 6 heteroatoms. The highest BCUT2D eigenvalue weighted by Gasteiger charge is 2.27. The molecule has 1 rings (SSSR count). The summed E-state index contributed by atoms with van der Waals surface area (Å²) in [4.78, 5) is 24.6. The fraction of sp³-hybridized carbons (Fsp3) is 0.818. The van der Waals surface area contributed by atoms with Crippen LogP contribution in [0.5, 0.6) is 0 Å². The molecule has 1 saturated heterocycles. The average Bonchev–Trinajstić information content (AvgIpc) is 2.76. The molecule has 1 fully saturated rings. The summed E-state index contributed by atoms with van der Waals surface area (Å²) in [6.45, 7) is 4.35. The highest BCUT2D eigenvalue weighted by atomic mass is 35.5. The number of nitrogens with two attached hydrogens (primary N) is 1. The summed E-state index contributed by atoms with van der Waals surface area (Å²) in [6, 6.07) is 0. The number of carbonyl (C=O) groups excluding carboxylic acids is 2. The van der Waals surface area contributed by atoms with Crippen LogP contribution in [0.1, 0.15) is 26.2 Å². The molecule has 0 radical (unpaired) electrons. The smallest absolute Gasteiger partial charge is 0.237 e. The number of primary amides is 1. The van der Waals surface area contributed by atoms with Crippen LogP contribution in [-0.2, 0) is 9.59 Å². The largest absolute Gasteiger partial charge is 0.368 e. The number of rotatable bonds is 6. The predicted molar refractivity (Wildman–Crippen MR) is 68.9 cm³/mol. The van der Waals surface area contributed by atoms with Gasteiger partial charge in [0.15, 0.2) is 0 Å². The predicted octanol–water partition coefficient (Wildman–Crippen LogP) is 0.132. The Labute approximate surface area is 109 Å². The third-order valence-corrected chi connectivity index (χ3v) is 2.85. The third-order valence-electron chi connectivity index (χ3n) is 2.85. The van der Waals surface area contributed by atoms with Gasteiger partial charge in [-0.2, -0.15) is 0 Å². The van der Waals surface area contributed by atoms with E-state index in [9.17, 15) is 9.59 Å². The molecule has 1 unspecified atom stereocenters. The molecule has 0 aromatic rings. The summed E-state index contributed by atoms with van der Waals surface area (Å²) in [7, 11) is 0. The average molecular weight is 264 g/mol. The van der Waals surface area contributed by atoms with Crippen LogP contribution >= 0.6 is 12.4 Å². The second-order valence-corrected chi connectivity index (χ2v) is 4.27. The highest BCUT2D eigenvalue weighted by Crippen LogP contribution is 2.12. The molecule has 1 aliphatic rings. The van der Waals surface area contributed by atoms with E-state index in [1.807, 2.05) is 0 Å². The fourth-order valence-corrected chi connectivity index (χ4v) is 1.93. The molecule has 0 saturated carbocycles. The second-order valence-electron chi connectivity index (χ2n) is 4.27. The number of hydrogen-bond donors (Lipinski definition) is 2. The number of amides is 2. The van der Waals surface area contributed by atoms with Crippen molar-refractivity contribution in [2.24, 2.45) is 11.7 Å². The molecule has 0 spiro atoms. The Morgan fingerprint density at radius 1 is 1.47 bits per heavy atom. The Kier molecular flexibility index (Phi) is 7.91. The van der Waals surface area contributed by atoms with E-state index in [1.165, 1.54) is 0 Å². The monoisotopic (exact) mass is 263 g/mol. The van der Waals surface area contributed by atoms with Gasteiger partial charge in [0.25, 0.3) is 0 Å². The van der Waals surface area contributed by atoms with Gasteiger partial charge in [0.2, 0.25) is 11.8 Å². The van der Waals surface area contributed by atoms with Crippen LogP contribution in [0.25, 0.3) is 0 Å². The number of nitrogens with one attached hydrogen (secondary N) is 1. The summed E-state index contributed by atoms with van der Waals surface area (Å²) >= 11 is 0. The zero-order chi connectivity index (χ0) is 12.0. The third kappa shape index (κ3) is 5.37. The van der Waals surface area contributed by atoms with E-state index in [2.05, 4.69) is 12.2 Å². The van der Waals surface area contributed by atoms with Gasteiger partial charge in [0.05, 0.1) is 12.5 Å². The molecule has 17 heavy (non-hydrogen) atoms. The van der Waals surface area contributed by atoms with E-state index in [-0.39, 0.29) is 30.8 Å². The van der Waals surface area contributed by atoms with Crippen molar-refractivity contribution >= 4 is 24.2 Å². The van der Waals surface area contributed by atoms with E-state index in [0.29, 0.717) is 6.54 Å². The SMILES string of the molecule is CCCCN(CC(N)=O)C(=O)C1CCNC1.Cl. The van der Waals surface area contributed by atoms with Crippen molar-refractivity contribution in [1.29, 1.82) is 0 Å². The van der Waals surface area contributed by atoms with Gasteiger partial charge in [-0.1, -0.05) is 13.3 Å². The van der Waals surface area contributed by atoms with Gasteiger partial charge in [-0.3, -0.25) is 9.59 Å². The van der Waals surface area contributed by atoms with Gasteiger partial charge in [-0.05, 0) is 19.4 Å². The molecule has 0 bridgehead atoms. The Morgan fingerprint density at radius 2 is 2.18 bits per heavy atom. The van der Waals surface area contributed by atoms with Crippen molar-refractivity contribution in [1.82, 2.24) is 10.2 Å². The van der Waals surface area contributed by atoms with Gasteiger partial charge in [0, 0.05) is 13.1 Å². The summed E-state index contributed by atoms with van der Waals surface area (Å²) < 4.78 is 0. The number of nitrogens with zero attached hydrogens (tertiary/aromatic N) is 1. The summed E-state index contributed by atoms with van der Waals surface area (Å²) in [6.07, 6.45) is 2.78. The van der Waals surface area contributed by atoms with E-state index in [0.717, 1.165) is 32.4 Å². The normalized spacial score (nSPS) is 18.5. The zero-order valence-electron chi connectivity index (χ0n) is 10.3. The minimum Gasteiger partial charge on any atom is -0.368 e. The van der Waals surface area contributed by atoms with Crippen LogP contribution in [0.3, 0.4) is 0 Å². The topological polar surface area (TPSA) is 75.4 Å². The first-order chi connectivity index (χ1) is 7.65. The van der Waals surface area contributed by atoms with E-state index in [1.54, 1.807) is 4.90 Å². The number of halogens is 1. The molecule has 0 aromatic carbocycles. The molecule has 100 valence electrons. The Bertz CT molecular complexity index is 255. The van der Waals surface area contributed by atoms with Crippen molar-refractivity contribution in [3.63, 3.8) is 0 Å². The van der Waals surface area contributed by atoms with Gasteiger partial charge in [-0.25, -0.2) is 0 Å². The minimum absolute atomic E-state index is 0. The molecule has 0 aromatic heterocycles. The first kappa shape index (κ1) is 16.2. The lowest BCUT2D eigenvalue weighted by atomic mass is 10.1. The zero-order valence-corrected chi connectivity index (χ0v) is 11.1. The van der Waals surface area contributed by atoms with E-state index < -0.39 is 5.91 Å². The first-order valence-electron chi connectivity index (χ1n) is 5.93. The minimum atomic E-state index is -0.435. The van der Waals surface area contributed by atoms with Crippen LogP contribution in [0.15, 0.2) is 0 Å². The van der Waals surface area contributed by atoms with Gasteiger partial charge >= 0.3 is 0 Å². The second kappa shape index (κ2) is 8.31. The molecule has 3 N–H and O–H groups in total. The van der Waals surface area contributed by atoms with Crippen molar-refractivity contribution in [3.8, 4) is 0 Å². The number of hydrogen-bond acceptors (Lipinski definition) is 3. The van der Waals surface area contributed by atoms with Crippen molar-refractivity contribution in [2.45, 2.75) is 26.2 Å². The van der Waals surface area contributed by atoms with Crippen LogP contribution in [0, 0.1) is 5.92 Å². The summed E-state index contributed by atoms with van der Waals surface area (Å²) in [5.74, 6) is -0.344. The number of carbonyl (C=O) groups is 2. The highest BCUT2D eigenvalue weighted by molar-refractivity contribution is 5.85. The Balaban J connectivity index is 0.00000256. The van der Waals surface area contributed by atoms with Crippen LogP contribution in [0.4, 0.5) is 0 Å². The Hall–Kier alpha value is -0.810. The van der Waals surface area contributed by atoms with Crippen molar-refractivity contribution in [3.05, 3.63) is 0 Å². The molecule has 1 atom stereocenters. The quantitative estimate of drug-likeness (QED) is 0.715. The fourth-order valence-electron chi connectivity index (χ4n) is 1.93. The van der Waals surface area contributed by atoms with Crippen molar-refractivity contribution in [2.75, 3.05) is 26.2 Å². The van der Waals surface area contributed by atoms with E-state index in [4.69, 9.17) is 5.73 Å². The van der Waals surface area contributed by atoms with Gasteiger partial charge in [0.1, 0.15) is 0 Å². The lowest BCUT2D eigenvalue weighted by molar-refractivity contribution is -0.138. The summed E-state index contributed by atoms with van der Waals surface area (Å²) in [5.41, 5.74) is 5.15. The molecule has 2 amide bonds. The molecule has 1 aliphatic heterocycles. The molecular formula is C11H22ClN3O2. The first-order valence-corrected chi connectivity index (χ1v) is 5.93. The number of unbranched alkanes of at least 4 members (excludes halogenated alkanes) is 1. The van der Waals surface area contributed by atoms with Gasteiger partial charge < -0.3 is 16.0 Å². The Morgan fingerprint density at radius 3 is 2.65 bits per heavy atom. The van der Waals surface area contributed by atoms with Gasteiger partial charge in [-0.15, -0.1) is 12.4 Å². The molecule has 5 nitrogen and oxygen atoms in total. The van der Waals surface area contributed by atoms with Crippen LogP contribution in [-0.4, -0.2) is 42.9 Å². The maximum atomic E-state index is 12.1. The lowest BCUT2D eigenvalue weighted by Gasteiger charge is -2.23. The lowest BCUT2D eigenvalue weighted by Crippen LogP contribution is -2.42.